The maximum absolute atomic E-state index is 8.07. The summed E-state index contributed by atoms with van der Waals surface area (Å²) in [6.07, 6.45) is 7.02. The molecule has 2 aromatic carbocycles. The maximum Gasteiger partial charge on any atom is 0.268 e. The van der Waals surface area contributed by atoms with E-state index in [0.717, 1.165) is 75.8 Å². The van der Waals surface area contributed by atoms with E-state index < -0.39 is 0 Å². The SMILES string of the molecule is N=c1o[n-][n+](CCCc2ccccc2)c1CCCCc1c(=N)o[n-][n+]1CCCc1ccccc1. The van der Waals surface area contributed by atoms with Gasteiger partial charge in [-0.1, -0.05) is 60.7 Å². The number of hydrogen-bond acceptors (Lipinski definition) is 4. The van der Waals surface area contributed by atoms with Gasteiger partial charge in [0.25, 0.3) is 11.1 Å². The van der Waals surface area contributed by atoms with Crippen LogP contribution in [0, 0.1) is 10.8 Å². The van der Waals surface area contributed by atoms with Crippen molar-refractivity contribution in [3.63, 3.8) is 0 Å². The molecule has 0 amide bonds. The minimum Gasteiger partial charge on any atom is -0.487 e. The molecule has 2 aromatic heterocycles. The first kappa shape index (κ1) is 23.5. The lowest BCUT2D eigenvalue weighted by Crippen LogP contribution is -2.43. The lowest BCUT2D eigenvalue weighted by molar-refractivity contribution is -0.774. The Balaban J connectivity index is 1.24. The van der Waals surface area contributed by atoms with Crippen molar-refractivity contribution < 1.29 is 18.4 Å². The molecule has 0 aliphatic carbocycles. The van der Waals surface area contributed by atoms with E-state index in [9.17, 15) is 0 Å². The van der Waals surface area contributed by atoms with Crippen molar-refractivity contribution in [2.75, 3.05) is 0 Å². The van der Waals surface area contributed by atoms with Gasteiger partial charge in [-0.2, -0.15) is 0 Å². The first-order valence-corrected chi connectivity index (χ1v) is 12.0. The summed E-state index contributed by atoms with van der Waals surface area (Å²) < 4.78 is 13.9. The van der Waals surface area contributed by atoms with E-state index in [-0.39, 0.29) is 11.1 Å². The molecule has 2 N–H and O–H groups in total. The predicted octanol–water partition coefficient (Wildman–Crippen LogP) is 2.15. The minimum absolute atomic E-state index is 0.141. The number of unbranched alkanes of at least 4 members (excludes halogenated alkanes) is 1. The van der Waals surface area contributed by atoms with E-state index in [1.54, 1.807) is 0 Å². The van der Waals surface area contributed by atoms with Gasteiger partial charge in [-0.05, 0) is 36.8 Å². The lowest BCUT2D eigenvalue weighted by Gasteiger charge is -2.04. The average molecular weight is 461 g/mol. The predicted molar refractivity (Wildman–Crippen MR) is 122 cm³/mol. The van der Waals surface area contributed by atoms with Crippen molar-refractivity contribution >= 4 is 0 Å². The number of nitrogens with one attached hydrogen (secondary N) is 2. The molecule has 4 rings (SSSR count). The normalized spacial score (nSPS) is 11.2. The zero-order valence-corrected chi connectivity index (χ0v) is 19.4. The fraction of sp³-hybridized carbons (Fsp3) is 0.385. The fourth-order valence-electron chi connectivity index (χ4n) is 4.20. The highest BCUT2D eigenvalue weighted by Gasteiger charge is 2.15. The van der Waals surface area contributed by atoms with Gasteiger partial charge in [-0.15, -0.1) is 0 Å². The first-order valence-electron chi connectivity index (χ1n) is 12.0. The monoisotopic (exact) mass is 460 g/mol. The highest BCUT2D eigenvalue weighted by molar-refractivity contribution is 5.15. The molecule has 0 saturated heterocycles. The van der Waals surface area contributed by atoms with Gasteiger partial charge in [0.2, 0.25) is 11.4 Å². The van der Waals surface area contributed by atoms with Crippen molar-refractivity contribution in [1.82, 2.24) is 10.5 Å². The Hall–Kier alpha value is -3.68. The van der Waals surface area contributed by atoms with Crippen molar-refractivity contribution in [2.45, 2.75) is 64.5 Å². The minimum atomic E-state index is 0.141. The zero-order valence-electron chi connectivity index (χ0n) is 19.4. The Morgan fingerprint density at radius 2 is 0.971 bits per heavy atom. The van der Waals surface area contributed by atoms with E-state index in [4.69, 9.17) is 19.9 Å². The lowest BCUT2D eigenvalue weighted by atomic mass is 10.1. The summed E-state index contributed by atoms with van der Waals surface area (Å²) >= 11 is 0. The molecule has 0 aliphatic heterocycles. The van der Waals surface area contributed by atoms with E-state index in [1.165, 1.54) is 11.1 Å². The molecule has 0 atom stereocenters. The molecule has 8 nitrogen and oxygen atoms in total. The molecule has 34 heavy (non-hydrogen) atoms. The van der Waals surface area contributed by atoms with Crippen molar-refractivity contribution in [3.05, 3.63) is 94.3 Å². The van der Waals surface area contributed by atoms with Crippen LogP contribution < -0.4 is 31.0 Å². The topological polar surface area (TPSA) is 110 Å². The van der Waals surface area contributed by atoms with Crippen LogP contribution in [0.1, 0.15) is 48.2 Å². The third-order valence-electron chi connectivity index (χ3n) is 6.04. The summed E-state index contributed by atoms with van der Waals surface area (Å²) in [5.41, 5.74) is 4.55. The number of aromatic nitrogens is 4. The van der Waals surface area contributed by atoms with Crippen molar-refractivity contribution in [2.24, 2.45) is 0 Å². The van der Waals surface area contributed by atoms with Crippen LogP contribution in [0.2, 0.25) is 0 Å². The molecular formula is C26H32N6O2. The molecule has 8 heteroatoms. The summed E-state index contributed by atoms with van der Waals surface area (Å²) in [5, 5.41) is 24.3. The van der Waals surface area contributed by atoms with Crippen LogP contribution >= 0.6 is 0 Å². The summed E-state index contributed by atoms with van der Waals surface area (Å²) in [7, 11) is 0. The van der Waals surface area contributed by atoms with Gasteiger partial charge in [0.1, 0.15) is 13.1 Å². The van der Waals surface area contributed by atoms with Gasteiger partial charge in [0.15, 0.2) is 0 Å². The third-order valence-corrected chi connectivity index (χ3v) is 6.04. The zero-order chi connectivity index (χ0) is 23.6. The summed E-state index contributed by atoms with van der Waals surface area (Å²) in [5.74, 6) is 0. The van der Waals surface area contributed by atoms with Gasteiger partial charge in [0, 0.05) is 25.7 Å². The summed E-state index contributed by atoms with van der Waals surface area (Å²) in [4.78, 5) is 0. The number of nitrogens with zero attached hydrogens (tertiary/aromatic N) is 4. The van der Waals surface area contributed by atoms with Crippen LogP contribution in [-0.2, 0) is 38.8 Å². The van der Waals surface area contributed by atoms with Gasteiger partial charge in [-0.3, -0.25) is 21.4 Å². The standard InChI is InChI=1S/C26H32N6O2/c27-25-23(31(29-33-25)19-9-15-21-11-3-1-4-12-21)17-7-8-18-24-26(28)34-30-32(24)20-10-16-22-13-5-2-6-14-22/h1-6,11-14,27-28H,7-10,15-20H2. The fourth-order valence-corrected chi connectivity index (χ4v) is 4.20. The molecule has 0 radical (unpaired) electrons. The van der Waals surface area contributed by atoms with Crippen LogP contribution in [0.3, 0.4) is 0 Å². The largest absolute Gasteiger partial charge is 0.487 e. The summed E-state index contributed by atoms with van der Waals surface area (Å²) in [6.45, 7) is 1.47. The quantitative estimate of drug-likeness (QED) is 0.235. The first-order chi connectivity index (χ1) is 16.7. The Morgan fingerprint density at radius 3 is 1.38 bits per heavy atom. The van der Waals surface area contributed by atoms with Gasteiger partial charge >= 0.3 is 0 Å². The molecule has 0 spiro atoms. The summed E-state index contributed by atoms with van der Waals surface area (Å²) in [6, 6.07) is 20.8. The van der Waals surface area contributed by atoms with Crippen LogP contribution in [0.15, 0.2) is 69.7 Å². The van der Waals surface area contributed by atoms with E-state index >= 15 is 0 Å². The van der Waals surface area contributed by atoms with Crippen LogP contribution in [0.4, 0.5) is 0 Å². The molecule has 178 valence electrons. The molecular weight excluding hydrogens is 428 g/mol. The molecule has 2 heterocycles. The average Bonchev–Trinajstić information content (AvgIpc) is 3.40. The Bertz CT molecular complexity index is 1150. The van der Waals surface area contributed by atoms with Gasteiger partial charge in [-0.25, -0.2) is 9.36 Å². The second-order valence-corrected chi connectivity index (χ2v) is 8.53. The Labute approximate surface area is 198 Å². The van der Waals surface area contributed by atoms with Crippen LogP contribution in [0.25, 0.3) is 0 Å². The molecule has 0 bridgehead atoms. The van der Waals surface area contributed by atoms with E-state index in [2.05, 4.69) is 59.1 Å². The van der Waals surface area contributed by atoms with Crippen molar-refractivity contribution in [1.29, 1.82) is 10.8 Å². The smallest absolute Gasteiger partial charge is 0.268 e. The number of benzene rings is 2. The van der Waals surface area contributed by atoms with Crippen LogP contribution in [0.5, 0.6) is 0 Å². The van der Waals surface area contributed by atoms with Gasteiger partial charge < -0.3 is 9.05 Å². The molecule has 0 saturated carbocycles. The highest BCUT2D eigenvalue weighted by Crippen LogP contribution is 2.05. The van der Waals surface area contributed by atoms with E-state index in [1.807, 2.05) is 21.5 Å². The number of hydrogen-bond donors (Lipinski definition) is 2. The maximum atomic E-state index is 8.07. The Morgan fingerprint density at radius 1 is 0.559 bits per heavy atom. The molecule has 4 aromatic rings. The second-order valence-electron chi connectivity index (χ2n) is 8.53. The van der Waals surface area contributed by atoms with Crippen LogP contribution in [-0.4, -0.2) is 0 Å². The molecule has 0 aliphatic rings. The van der Waals surface area contributed by atoms with Gasteiger partial charge in [0.05, 0.1) is 0 Å². The second kappa shape index (κ2) is 12.0. The molecule has 0 fully saturated rings. The van der Waals surface area contributed by atoms with E-state index in [0.29, 0.717) is 0 Å². The Kier molecular flexibility index (Phi) is 8.27. The number of rotatable bonds is 13. The number of aryl methyl sites for hydroxylation is 4. The molecule has 0 unspecified atom stereocenters. The third kappa shape index (κ3) is 6.43. The van der Waals surface area contributed by atoms with Crippen molar-refractivity contribution in [3.8, 4) is 0 Å². The highest BCUT2D eigenvalue weighted by atomic mass is 16.5.